The Bertz CT molecular complexity index is 685. The van der Waals surface area contributed by atoms with E-state index in [1.54, 1.807) is 0 Å². The largest absolute Gasteiger partial charge is 0.493 e. The van der Waals surface area contributed by atoms with Crippen LogP contribution in [-0.4, -0.2) is 34.3 Å². The molecule has 0 aliphatic carbocycles. The van der Waals surface area contributed by atoms with Crippen LogP contribution >= 0.6 is 0 Å². The molecule has 0 spiro atoms. The molecule has 21 heavy (non-hydrogen) atoms. The topological polar surface area (TPSA) is 125 Å². The fraction of sp³-hybridized carbons (Fsp3) is 0.0769. The zero-order valence-corrected chi connectivity index (χ0v) is 10.9. The van der Waals surface area contributed by atoms with E-state index in [-0.39, 0.29) is 22.9 Å². The average Bonchev–Trinajstić information content (AvgIpc) is 2.47. The molecular weight excluding hydrogens is 278 g/mol. The Hall–Kier alpha value is -3.16. The fourth-order valence-corrected chi connectivity index (χ4v) is 1.51. The van der Waals surface area contributed by atoms with E-state index in [0.29, 0.717) is 5.75 Å². The molecule has 2 rings (SSSR count). The summed E-state index contributed by atoms with van der Waals surface area (Å²) in [4.78, 5) is 21.8. The second-order valence-electron chi connectivity index (χ2n) is 3.89. The summed E-state index contributed by atoms with van der Waals surface area (Å²) >= 11 is 0. The standard InChI is InChI=1S/C13H11N3O5/c1-20-9-4-2-7(13(18)19)6-10(9)21-11-5-3-8(12(14)17)15-16-11/h2-6H,1H3,(H2,14,17)(H,18,19). The van der Waals surface area contributed by atoms with Crippen LogP contribution < -0.4 is 15.2 Å². The third-order valence-corrected chi connectivity index (χ3v) is 2.52. The molecule has 0 saturated carbocycles. The number of aromatic carboxylic acids is 1. The molecular formula is C13H11N3O5. The summed E-state index contributed by atoms with van der Waals surface area (Å²) in [6.45, 7) is 0. The summed E-state index contributed by atoms with van der Waals surface area (Å²) in [5.74, 6) is -1.24. The van der Waals surface area contributed by atoms with Crippen LogP contribution in [0.15, 0.2) is 30.3 Å². The number of aromatic nitrogens is 2. The predicted octanol–water partition coefficient (Wildman–Crippen LogP) is 1.07. The van der Waals surface area contributed by atoms with Crippen molar-refractivity contribution < 1.29 is 24.2 Å². The molecule has 0 unspecified atom stereocenters. The molecule has 1 amide bonds. The number of methoxy groups -OCH3 is 1. The maximum atomic E-state index is 10.9. The first-order chi connectivity index (χ1) is 10.0. The summed E-state index contributed by atoms with van der Waals surface area (Å²) in [5, 5.41) is 16.2. The molecule has 2 aromatic rings. The van der Waals surface area contributed by atoms with Crippen LogP contribution in [-0.2, 0) is 0 Å². The second kappa shape index (κ2) is 5.87. The van der Waals surface area contributed by atoms with E-state index < -0.39 is 11.9 Å². The number of primary amides is 1. The number of hydrogen-bond donors (Lipinski definition) is 2. The lowest BCUT2D eigenvalue weighted by Gasteiger charge is -2.10. The van der Waals surface area contributed by atoms with Crippen molar-refractivity contribution in [2.45, 2.75) is 0 Å². The smallest absolute Gasteiger partial charge is 0.335 e. The van der Waals surface area contributed by atoms with Crippen LogP contribution in [0.3, 0.4) is 0 Å². The van der Waals surface area contributed by atoms with Gasteiger partial charge in [-0.25, -0.2) is 4.79 Å². The molecule has 0 saturated heterocycles. The highest BCUT2D eigenvalue weighted by atomic mass is 16.5. The Morgan fingerprint density at radius 2 is 1.90 bits per heavy atom. The van der Waals surface area contributed by atoms with Gasteiger partial charge in [0.05, 0.1) is 12.7 Å². The van der Waals surface area contributed by atoms with Gasteiger partial charge in [0.1, 0.15) is 0 Å². The first kappa shape index (κ1) is 14.3. The van der Waals surface area contributed by atoms with E-state index in [2.05, 4.69) is 10.2 Å². The van der Waals surface area contributed by atoms with Gasteiger partial charge in [-0.05, 0) is 24.3 Å². The number of carboxylic acid groups (broad SMARTS) is 1. The summed E-state index contributed by atoms with van der Waals surface area (Å²) in [6.07, 6.45) is 0. The number of amides is 1. The monoisotopic (exact) mass is 289 g/mol. The Kier molecular flexibility index (Phi) is 3.98. The molecule has 3 N–H and O–H groups in total. The minimum Gasteiger partial charge on any atom is -0.493 e. The lowest BCUT2D eigenvalue weighted by molar-refractivity contribution is 0.0696. The Labute approximate surface area is 119 Å². The molecule has 1 aromatic heterocycles. The second-order valence-corrected chi connectivity index (χ2v) is 3.89. The Balaban J connectivity index is 2.31. The third kappa shape index (κ3) is 3.24. The van der Waals surface area contributed by atoms with Gasteiger partial charge in [-0.2, -0.15) is 0 Å². The SMILES string of the molecule is COc1ccc(C(=O)O)cc1Oc1ccc(C(N)=O)nn1. The normalized spacial score (nSPS) is 9.95. The molecule has 1 aromatic carbocycles. The van der Waals surface area contributed by atoms with Crippen LogP contribution in [0, 0.1) is 0 Å². The number of benzene rings is 1. The highest BCUT2D eigenvalue weighted by Crippen LogP contribution is 2.31. The van der Waals surface area contributed by atoms with E-state index >= 15 is 0 Å². The number of nitrogens with two attached hydrogens (primary N) is 1. The summed E-state index contributed by atoms with van der Waals surface area (Å²) in [5.41, 5.74) is 5.08. The third-order valence-electron chi connectivity index (χ3n) is 2.52. The molecule has 0 radical (unpaired) electrons. The number of hydrogen-bond acceptors (Lipinski definition) is 6. The Morgan fingerprint density at radius 1 is 1.14 bits per heavy atom. The van der Waals surface area contributed by atoms with Gasteiger partial charge >= 0.3 is 5.97 Å². The van der Waals surface area contributed by atoms with Gasteiger partial charge in [-0.1, -0.05) is 0 Å². The van der Waals surface area contributed by atoms with Crippen molar-refractivity contribution in [3.05, 3.63) is 41.6 Å². The molecule has 8 heteroatoms. The van der Waals surface area contributed by atoms with Gasteiger partial charge < -0.3 is 20.3 Å². The fourth-order valence-electron chi connectivity index (χ4n) is 1.51. The molecule has 0 aliphatic heterocycles. The summed E-state index contributed by atoms with van der Waals surface area (Å²) in [6, 6.07) is 6.88. The van der Waals surface area contributed by atoms with Crippen molar-refractivity contribution >= 4 is 11.9 Å². The van der Waals surface area contributed by atoms with Crippen LogP contribution in [0.5, 0.6) is 17.4 Å². The molecule has 8 nitrogen and oxygen atoms in total. The number of carbonyl (C=O) groups is 2. The first-order valence-electron chi connectivity index (χ1n) is 5.74. The van der Waals surface area contributed by atoms with E-state index in [1.165, 1.54) is 37.4 Å². The highest BCUT2D eigenvalue weighted by Gasteiger charge is 2.12. The van der Waals surface area contributed by atoms with E-state index in [1.807, 2.05) is 0 Å². The summed E-state index contributed by atoms with van der Waals surface area (Å²) < 4.78 is 10.5. The summed E-state index contributed by atoms with van der Waals surface area (Å²) in [7, 11) is 1.42. The zero-order chi connectivity index (χ0) is 15.4. The minimum absolute atomic E-state index is 0.00592. The molecule has 0 bridgehead atoms. The zero-order valence-electron chi connectivity index (χ0n) is 10.9. The molecule has 1 heterocycles. The van der Waals surface area contributed by atoms with Gasteiger partial charge in [-0.3, -0.25) is 4.79 Å². The van der Waals surface area contributed by atoms with Crippen molar-refractivity contribution in [2.75, 3.05) is 7.11 Å². The highest BCUT2D eigenvalue weighted by molar-refractivity contribution is 5.90. The quantitative estimate of drug-likeness (QED) is 0.843. The van der Waals surface area contributed by atoms with Crippen molar-refractivity contribution in [3.8, 4) is 17.4 Å². The van der Waals surface area contributed by atoms with Gasteiger partial charge in [-0.15, -0.1) is 10.2 Å². The van der Waals surface area contributed by atoms with Crippen molar-refractivity contribution in [3.63, 3.8) is 0 Å². The lowest BCUT2D eigenvalue weighted by Crippen LogP contribution is -2.13. The maximum Gasteiger partial charge on any atom is 0.335 e. The van der Waals surface area contributed by atoms with Crippen LogP contribution in [0.4, 0.5) is 0 Å². The Morgan fingerprint density at radius 3 is 2.43 bits per heavy atom. The van der Waals surface area contributed by atoms with Crippen LogP contribution in [0.1, 0.15) is 20.8 Å². The molecule has 0 atom stereocenters. The van der Waals surface area contributed by atoms with Crippen molar-refractivity contribution in [1.29, 1.82) is 0 Å². The number of ether oxygens (including phenoxy) is 2. The van der Waals surface area contributed by atoms with Gasteiger partial charge in [0.15, 0.2) is 17.2 Å². The maximum absolute atomic E-state index is 10.9. The van der Waals surface area contributed by atoms with Crippen LogP contribution in [0.2, 0.25) is 0 Å². The average molecular weight is 289 g/mol. The van der Waals surface area contributed by atoms with E-state index in [9.17, 15) is 9.59 Å². The number of carboxylic acids is 1. The molecule has 0 fully saturated rings. The minimum atomic E-state index is -1.10. The van der Waals surface area contributed by atoms with Gasteiger partial charge in [0.2, 0.25) is 5.88 Å². The van der Waals surface area contributed by atoms with Crippen molar-refractivity contribution in [2.24, 2.45) is 5.73 Å². The van der Waals surface area contributed by atoms with Crippen LogP contribution in [0.25, 0.3) is 0 Å². The van der Waals surface area contributed by atoms with Crippen molar-refractivity contribution in [1.82, 2.24) is 10.2 Å². The molecule has 108 valence electrons. The number of carbonyl (C=O) groups excluding carboxylic acids is 1. The first-order valence-corrected chi connectivity index (χ1v) is 5.74. The predicted molar refractivity (Wildman–Crippen MR) is 70.6 cm³/mol. The lowest BCUT2D eigenvalue weighted by atomic mass is 10.2. The number of rotatable bonds is 5. The van der Waals surface area contributed by atoms with Gasteiger partial charge in [0, 0.05) is 6.07 Å². The molecule has 0 aliphatic rings. The van der Waals surface area contributed by atoms with E-state index in [4.69, 9.17) is 20.3 Å². The van der Waals surface area contributed by atoms with E-state index in [0.717, 1.165) is 0 Å². The number of nitrogens with zero attached hydrogens (tertiary/aromatic N) is 2. The van der Waals surface area contributed by atoms with Gasteiger partial charge in [0.25, 0.3) is 5.91 Å².